The number of para-hydroxylation sites is 1. The standard InChI is InChI=1S/C23H22BrFN4O3/c24-15-10-11-19-14(12-15)13-20(21(30)27-18-9-5-4-8-17(18)25)29(19)28-23(32)22(31)26-16-6-2-1-3-7-16/h4-5,8-13,16H,1-3,6-7H2,(H,26,31)(H,27,30)(H,28,32). The van der Waals surface area contributed by atoms with E-state index in [2.05, 4.69) is 32.0 Å². The molecule has 0 unspecified atom stereocenters. The maximum Gasteiger partial charge on any atom is 0.328 e. The van der Waals surface area contributed by atoms with Crippen molar-refractivity contribution >= 4 is 50.2 Å². The van der Waals surface area contributed by atoms with Crippen molar-refractivity contribution in [1.29, 1.82) is 0 Å². The number of rotatable bonds is 4. The van der Waals surface area contributed by atoms with Gasteiger partial charge in [-0.2, -0.15) is 0 Å². The summed E-state index contributed by atoms with van der Waals surface area (Å²) in [5.74, 6) is -2.84. The van der Waals surface area contributed by atoms with Crippen molar-refractivity contribution < 1.29 is 18.8 Å². The van der Waals surface area contributed by atoms with Crippen LogP contribution in [0.4, 0.5) is 10.1 Å². The Bertz CT molecular complexity index is 1190. The molecule has 1 aliphatic rings. The summed E-state index contributed by atoms with van der Waals surface area (Å²) in [4.78, 5) is 38.0. The van der Waals surface area contributed by atoms with Gasteiger partial charge in [0.25, 0.3) is 5.91 Å². The highest BCUT2D eigenvalue weighted by Gasteiger charge is 2.24. The van der Waals surface area contributed by atoms with Gasteiger partial charge in [-0.05, 0) is 49.2 Å². The number of carbonyl (C=O) groups excluding carboxylic acids is 3. The topological polar surface area (TPSA) is 92.2 Å². The number of nitrogens with one attached hydrogen (secondary N) is 3. The van der Waals surface area contributed by atoms with Crippen LogP contribution in [-0.2, 0) is 9.59 Å². The molecule has 1 heterocycles. The minimum absolute atomic E-state index is 0.0110. The third kappa shape index (κ3) is 4.83. The first-order valence-corrected chi connectivity index (χ1v) is 11.2. The van der Waals surface area contributed by atoms with Crippen molar-refractivity contribution in [3.05, 3.63) is 64.5 Å². The maximum atomic E-state index is 14.0. The first kappa shape index (κ1) is 22.0. The summed E-state index contributed by atoms with van der Waals surface area (Å²) in [5.41, 5.74) is 3.11. The van der Waals surface area contributed by atoms with Crippen molar-refractivity contribution in [3.63, 3.8) is 0 Å². The van der Waals surface area contributed by atoms with Gasteiger partial charge in [0.05, 0.1) is 11.2 Å². The Morgan fingerprint density at radius 3 is 2.47 bits per heavy atom. The average molecular weight is 501 g/mol. The molecule has 3 aromatic rings. The van der Waals surface area contributed by atoms with Crippen LogP contribution in [0.5, 0.6) is 0 Å². The molecule has 0 bridgehead atoms. The van der Waals surface area contributed by atoms with Crippen molar-refractivity contribution in [3.8, 4) is 0 Å². The Morgan fingerprint density at radius 1 is 0.969 bits per heavy atom. The number of fused-ring (bicyclic) bond motifs is 1. The lowest BCUT2D eigenvalue weighted by molar-refractivity contribution is -0.137. The smallest absolute Gasteiger partial charge is 0.328 e. The second kappa shape index (κ2) is 9.52. The Morgan fingerprint density at radius 2 is 1.72 bits per heavy atom. The fourth-order valence-electron chi connectivity index (χ4n) is 3.87. The largest absolute Gasteiger partial charge is 0.345 e. The van der Waals surface area contributed by atoms with E-state index in [0.29, 0.717) is 10.9 Å². The minimum atomic E-state index is -0.879. The van der Waals surface area contributed by atoms with E-state index in [1.165, 1.54) is 22.9 Å². The van der Waals surface area contributed by atoms with Crippen LogP contribution >= 0.6 is 15.9 Å². The zero-order valence-corrected chi connectivity index (χ0v) is 18.7. The quantitative estimate of drug-likeness (QED) is 0.466. The number of amides is 3. The van der Waals surface area contributed by atoms with Crippen LogP contribution in [0, 0.1) is 5.82 Å². The van der Waals surface area contributed by atoms with Gasteiger partial charge < -0.3 is 10.6 Å². The highest BCUT2D eigenvalue weighted by Crippen LogP contribution is 2.24. The SMILES string of the molecule is O=C(NC1CCCCC1)C(=O)Nn1c(C(=O)Nc2ccccc2F)cc2cc(Br)ccc21. The van der Waals surface area contributed by atoms with E-state index in [9.17, 15) is 18.8 Å². The molecule has 0 atom stereocenters. The van der Waals surface area contributed by atoms with Gasteiger partial charge in [-0.15, -0.1) is 0 Å². The summed E-state index contributed by atoms with van der Waals surface area (Å²) in [6.45, 7) is 0. The summed E-state index contributed by atoms with van der Waals surface area (Å²) >= 11 is 3.39. The van der Waals surface area contributed by atoms with Crippen molar-refractivity contribution in [1.82, 2.24) is 9.99 Å². The molecule has 0 radical (unpaired) electrons. The summed E-state index contributed by atoms with van der Waals surface area (Å²) in [7, 11) is 0. The number of halogens is 2. The monoisotopic (exact) mass is 500 g/mol. The van der Waals surface area contributed by atoms with Gasteiger partial charge in [-0.3, -0.25) is 19.8 Å². The van der Waals surface area contributed by atoms with Gasteiger partial charge in [0.1, 0.15) is 11.5 Å². The minimum Gasteiger partial charge on any atom is -0.345 e. The fourth-order valence-corrected chi connectivity index (χ4v) is 4.25. The number of nitrogens with zero attached hydrogens (tertiary/aromatic N) is 1. The number of hydrogen-bond acceptors (Lipinski definition) is 3. The van der Waals surface area contributed by atoms with Crippen LogP contribution in [0.15, 0.2) is 53.0 Å². The number of benzene rings is 2. The van der Waals surface area contributed by atoms with Gasteiger partial charge >= 0.3 is 11.8 Å². The predicted molar refractivity (Wildman–Crippen MR) is 123 cm³/mol. The van der Waals surface area contributed by atoms with Gasteiger partial charge in [0.15, 0.2) is 0 Å². The highest BCUT2D eigenvalue weighted by molar-refractivity contribution is 9.10. The molecule has 4 rings (SSSR count). The summed E-state index contributed by atoms with van der Waals surface area (Å²) in [6, 6.07) is 12.6. The van der Waals surface area contributed by atoms with E-state index in [0.717, 1.165) is 36.6 Å². The third-order valence-electron chi connectivity index (χ3n) is 5.48. The second-order valence-corrected chi connectivity index (χ2v) is 8.67. The van der Waals surface area contributed by atoms with Crippen LogP contribution in [0.1, 0.15) is 42.6 Å². The number of carbonyl (C=O) groups is 3. The Labute approximate surface area is 192 Å². The maximum absolute atomic E-state index is 14.0. The second-order valence-electron chi connectivity index (χ2n) is 7.75. The summed E-state index contributed by atoms with van der Waals surface area (Å²) in [6.07, 6.45) is 4.85. The number of aromatic nitrogens is 1. The van der Waals surface area contributed by atoms with E-state index in [1.54, 1.807) is 30.3 Å². The van der Waals surface area contributed by atoms with E-state index >= 15 is 0 Å². The van der Waals surface area contributed by atoms with E-state index < -0.39 is 23.5 Å². The van der Waals surface area contributed by atoms with Crippen LogP contribution in [0.3, 0.4) is 0 Å². The Kier molecular flexibility index (Phi) is 6.55. The average Bonchev–Trinajstić information content (AvgIpc) is 3.13. The first-order chi connectivity index (χ1) is 15.4. The Balaban J connectivity index is 1.60. The van der Waals surface area contributed by atoms with Gasteiger partial charge in [0, 0.05) is 15.9 Å². The Hall–Kier alpha value is -3.20. The molecule has 1 aliphatic carbocycles. The molecule has 1 saturated carbocycles. The number of anilines is 1. The van der Waals surface area contributed by atoms with Crippen molar-refractivity contribution in [2.45, 2.75) is 38.1 Å². The molecule has 0 spiro atoms. The molecular formula is C23H22BrFN4O3. The molecule has 7 nitrogen and oxygen atoms in total. The molecule has 9 heteroatoms. The summed E-state index contributed by atoms with van der Waals surface area (Å²) in [5, 5.41) is 5.93. The van der Waals surface area contributed by atoms with Crippen molar-refractivity contribution in [2.75, 3.05) is 10.7 Å². The molecule has 3 N–H and O–H groups in total. The lowest BCUT2D eigenvalue weighted by Gasteiger charge is -2.22. The van der Waals surface area contributed by atoms with E-state index in [-0.39, 0.29) is 17.4 Å². The van der Waals surface area contributed by atoms with Crippen molar-refractivity contribution in [2.24, 2.45) is 0 Å². The predicted octanol–water partition coefficient (Wildman–Crippen LogP) is 4.31. The van der Waals surface area contributed by atoms with Gasteiger partial charge in [0.2, 0.25) is 0 Å². The normalized spacial score (nSPS) is 14.2. The molecule has 0 aliphatic heterocycles. The van der Waals surface area contributed by atoms with E-state index in [4.69, 9.17) is 0 Å². The van der Waals surface area contributed by atoms with Crippen LogP contribution in [-0.4, -0.2) is 28.4 Å². The zero-order valence-electron chi connectivity index (χ0n) is 17.2. The first-order valence-electron chi connectivity index (χ1n) is 10.4. The molecule has 1 fully saturated rings. The van der Waals surface area contributed by atoms with Gasteiger partial charge in [-0.25, -0.2) is 9.07 Å². The molecule has 2 aromatic carbocycles. The zero-order chi connectivity index (χ0) is 22.7. The number of hydrogen-bond donors (Lipinski definition) is 3. The molecule has 0 saturated heterocycles. The highest BCUT2D eigenvalue weighted by atomic mass is 79.9. The molecule has 166 valence electrons. The van der Waals surface area contributed by atoms with Crippen LogP contribution < -0.4 is 16.1 Å². The summed E-state index contributed by atoms with van der Waals surface area (Å²) < 4.78 is 16.0. The lowest BCUT2D eigenvalue weighted by atomic mass is 9.95. The van der Waals surface area contributed by atoms with Crippen LogP contribution in [0.25, 0.3) is 10.9 Å². The lowest BCUT2D eigenvalue weighted by Crippen LogP contribution is -2.44. The molecule has 1 aromatic heterocycles. The third-order valence-corrected chi connectivity index (χ3v) is 5.97. The molecular weight excluding hydrogens is 479 g/mol. The van der Waals surface area contributed by atoms with Crippen LogP contribution in [0.2, 0.25) is 0 Å². The molecule has 32 heavy (non-hydrogen) atoms. The van der Waals surface area contributed by atoms with E-state index in [1.807, 2.05) is 0 Å². The fraction of sp³-hybridized carbons (Fsp3) is 0.261. The molecule has 3 amide bonds. The van der Waals surface area contributed by atoms with Gasteiger partial charge in [-0.1, -0.05) is 47.3 Å².